The summed E-state index contributed by atoms with van der Waals surface area (Å²) < 4.78 is 21.5. The minimum Gasteiger partial charge on any atom is -0.331 e. The summed E-state index contributed by atoms with van der Waals surface area (Å²) in [5.74, 6) is 0.0434. The van der Waals surface area contributed by atoms with Gasteiger partial charge >= 0.3 is 7.60 Å². The van der Waals surface area contributed by atoms with E-state index < -0.39 is 7.60 Å². The molecule has 1 heterocycles. The van der Waals surface area contributed by atoms with E-state index in [1.54, 1.807) is 4.90 Å². The normalized spacial score (nSPS) is 19.1. The van der Waals surface area contributed by atoms with Crippen LogP contribution in [0.2, 0.25) is 0 Å². The number of nitrogens with zero attached hydrogens (tertiary/aromatic N) is 1. The van der Waals surface area contributed by atoms with Gasteiger partial charge in [0.05, 0.1) is 0 Å². The Morgan fingerprint density at radius 2 is 1.93 bits per heavy atom. The summed E-state index contributed by atoms with van der Waals surface area (Å²) in [7, 11) is -0.421. The maximum absolute atomic E-state index is 11.8. The second-order valence-electron chi connectivity index (χ2n) is 3.59. The molecule has 0 aliphatic carbocycles. The van der Waals surface area contributed by atoms with Crippen LogP contribution in [0.1, 0.15) is 25.7 Å². The Morgan fingerprint density at radius 3 is 2.53 bits per heavy atom. The Morgan fingerprint density at radius 1 is 1.27 bits per heavy atom. The van der Waals surface area contributed by atoms with E-state index >= 15 is 0 Å². The molecule has 15 heavy (non-hydrogen) atoms. The molecule has 1 amide bonds. The van der Waals surface area contributed by atoms with Gasteiger partial charge in [-0.15, -0.1) is 0 Å². The van der Waals surface area contributed by atoms with Crippen LogP contribution < -0.4 is 0 Å². The highest BCUT2D eigenvalue weighted by Crippen LogP contribution is 2.47. The van der Waals surface area contributed by atoms with Crippen molar-refractivity contribution in [1.82, 2.24) is 4.90 Å². The molecule has 1 saturated heterocycles. The summed E-state index contributed by atoms with van der Waals surface area (Å²) >= 11 is 0. The predicted octanol–water partition coefficient (Wildman–Crippen LogP) is 1.83. The Labute approximate surface area is 90.3 Å². The Kier molecular flexibility index (Phi) is 4.77. The first-order chi connectivity index (χ1) is 7.11. The summed E-state index contributed by atoms with van der Waals surface area (Å²) in [5.41, 5.74) is 0. The van der Waals surface area contributed by atoms with Crippen molar-refractivity contribution in [2.45, 2.75) is 25.7 Å². The van der Waals surface area contributed by atoms with Gasteiger partial charge < -0.3 is 13.9 Å². The highest BCUT2D eigenvalue weighted by atomic mass is 31.2. The van der Waals surface area contributed by atoms with Gasteiger partial charge in [-0.25, -0.2) is 0 Å². The molecule has 1 fully saturated rings. The Bertz CT molecular complexity index is 261. The van der Waals surface area contributed by atoms with Crippen LogP contribution in [0, 0.1) is 0 Å². The highest BCUT2D eigenvalue weighted by molar-refractivity contribution is 7.53. The molecule has 1 aliphatic rings. The van der Waals surface area contributed by atoms with Crippen LogP contribution in [0.15, 0.2) is 0 Å². The van der Waals surface area contributed by atoms with E-state index in [0.29, 0.717) is 13.0 Å². The topological polar surface area (TPSA) is 55.8 Å². The van der Waals surface area contributed by atoms with E-state index in [1.165, 1.54) is 14.2 Å². The zero-order valence-corrected chi connectivity index (χ0v) is 10.2. The Balaban J connectivity index is 2.61. The molecule has 0 unspecified atom stereocenters. The Hall–Kier alpha value is -0.380. The molecule has 0 saturated carbocycles. The number of likely N-dealkylation sites (tertiary alicyclic amines) is 1. The molecule has 0 atom stereocenters. The molecular weight excluding hydrogens is 217 g/mol. The highest BCUT2D eigenvalue weighted by Gasteiger charge is 2.28. The summed E-state index contributed by atoms with van der Waals surface area (Å²) in [6.07, 6.45) is 3.53. The molecule has 0 N–H and O–H groups in total. The fourth-order valence-corrected chi connectivity index (χ4v) is 2.68. The number of rotatable bonds is 4. The van der Waals surface area contributed by atoms with Crippen molar-refractivity contribution in [2.24, 2.45) is 0 Å². The lowest BCUT2D eigenvalue weighted by atomic mass is 10.2. The van der Waals surface area contributed by atoms with Gasteiger partial charge in [0, 0.05) is 27.2 Å². The maximum atomic E-state index is 11.8. The first-order valence-corrected chi connectivity index (χ1v) is 6.82. The minimum atomic E-state index is -3.10. The van der Waals surface area contributed by atoms with Crippen molar-refractivity contribution < 1.29 is 18.4 Å². The van der Waals surface area contributed by atoms with Gasteiger partial charge in [-0.05, 0) is 12.8 Å². The second-order valence-corrected chi connectivity index (χ2v) is 5.82. The number of amides is 1. The minimum absolute atomic E-state index is 0.0434. The van der Waals surface area contributed by atoms with Crippen molar-refractivity contribution in [3.63, 3.8) is 0 Å². The van der Waals surface area contributed by atoms with Crippen molar-refractivity contribution in [1.29, 1.82) is 0 Å². The molecule has 0 aromatic rings. The fourth-order valence-electron chi connectivity index (χ4n) is 1.59. The lowest BCUT2D eigenvalue weighted by Gasteiger charge is -2.24. The van der Waals surface area contributed by atoms with Crippen molar-refractivity contribution in [3.05, 3.63) is 0 Å². The van der Waals surface area contributed by atoms with Crippen LogP contribution >= 0.6 is 7.60 Å². The van der Waals surface area contributed by atoms with Crippen molar-refractivity contribution in [3.8, 4) is 0 Å². The average molecular weight is 235 g/mol. The van der Waals surface area contributed by atoms with Crippen LogP contribution in [0.5, 0.6) is 0 Å². The van der Waals surface area contributed by atoms with Crippen LogP contribution in [-0.2, 0) is 18.4 Å². The zero-order chi connectivity index (χ0) is 11.3. The van der Waals surface area contributed by atoms with Gasteiger partial charge in [0.1, 0.15) is 6.29 Å². The third kappa shape index (κ3) is 3.59. The molecule has 0 aromatic heterocycles. The van der Waals surface area contributed by atoms with E-state index in [9.17, 15) is 9.36 Å². The van der Waals surface area contributed by atoms with E-state index in [4.69, 9.17) is 9.05 Å². The van der Waals surface area contributed by atoms with Gasteiger partial charge in [-0.3, -0.25) is 9.36 Å². The standard InChI is InChI=1S/C9H18NO4P/c1-13-15(12,14-2)8-10-7-5-3-4-6-9(10)11/h3-8H2,1-2H3. The third-order valence-corrected chi connectivity index (χ3v) is 4.37. The monoisotopic (exact) mass is 235 g/mol. The van der Waals surface area contributed by atoms with Gasteiger partial charge in [-0.1, -0.05) is 6.42 Å². The van der Waals surface area contributed by atoms with Gasteiger partial charge in [0.15, 0.2) is 0 Å². The molecule has 0 spiro atoms. The number of carbonyl (C=O) groups is 1. The zero-order valence-electron chi connectivity index (χ0n) is 9.27. The molecule has 88 valence electrons. The van der Waals surface area contributed by atoms with E-state index in [2.05, 4.69) is 0 Å². The maximum Gasteiger partial charge on any atom is 0.349 e. The van der Waals surface area contributed by atoms with E-state index in [0.717, 1.165) is 19.3 Å². The van der Waals surface area contributed by atoms with Gasteiger partial charge in [0.2, 0.25) is 5.91 Å². The predicted molar refractivity (Wildman–Crippen MR) is 56.7 cm³/mol. The lowest BCUT2D eigenvalue weighted by Crippen LogP contribution is -2.31. The smallest absolute Gasteiger partial charge is 0.331 e. The molecule has 1 aliphatic heterocycles. The van der Waals surface area contributed by atoms with Crippen LogP contribution in [0.25, 0.3) is 0 Å². The lowest BCUT2D eigenvalue weighted by molar-refractivity contribution is -0.130. The first-order valence-electron chi connectivity index (χ1n) is 5.09. The molecular formula is C9H18NO4P. The van der Waals surface area contributed by atoms with Crippen LogP contribution in [0.3, 0.4) is 0 Å². The van der Waals surface area contributed by atoms with Crippen LogP contribution in [0.4, 0.5) is 0 Å². The number of carbonyl (C=O) groups excluding carboxylic acids is 1. The molecule has 6 heteroatoms. The first kappa shape index (κ1) is 12.7. The largest absolute Gasteiger partial charge is 0.349 e. The SMILES string of the molecule is COP(=O)(CN1CCCCCC1=O)OC. The summed E-state index contributed by atoms with van der Waals surface area (Å²) in [6.45, 7) is 0.648. The average Bonchev–Trinajstić information content (AvgIpc) is 2.44. The third-order valence-electron chi connectivity index (χ3n) is 2.57. The molecule has 5 nitrogen and oxygen atoms in total. The molecule has 0 bridgehead atoms. The molecule has 0 aromatic carbocycles. The van der Waals surface area contributed by atoms with E-state index in [-0.39, 0.29) is 12.2 Å². The van der Waals surface area contributed by atoms with Gasteiger partial charge in [0.25, 0.3) is 0 Å². The summed E-state index contributed by atoms with van der Waals surface area (Å²) in [5, 5.41) is 0. The molecule has 1 rings (SSSR count). The number of hydrogen-bond donors (Lipinski definition) is 0. The summed E-state index contributed by atoms with van der Waals surface area (Å²) in [4.78, 5) is 13.2. The second kappa shape index (κ2) is 5.64. The van der Waals surface area contributed by atoms with E-state index in [1.807, 2.05) is 0 Å². The summed E-state index contributed by atoms with van der Waals surface area (Å²) in [6, 6.07) is 0. The fraction of sp³-hybridized carbons (Fsp3) is 0.889. The number of hydrogen-bond acceptors (Lipinski definition) is 4. The molecule has 0 radical (unpaired) electrons. The van der Waals surface area contributed by atoms with Crippen LogP contribution in [-0.4, -0.2) is 37.9 Å². The van der Waals surface area contributed by atoms with Crippen molar-refractivity contribution in [2.75, 3.05) is 27.1 Å². The van der Waals surface area contributed by atoms with Crippen molar-refractivity contribution >= 4 is 13.5 Å². The van der Waals surface area contributed by atoms with Gasteiger partial charge in [-0.2, -0.15) is 0 Å². The quantitative estimate of drug-likeness (QED) is 0.697.